The lowest BCUT2D eigenvalue weighted by atomic mass is 10.0. The molecule has 1 aromatic rings. The lowest BCUT2D eigenvalue weighted by Gasteiger charge is -2.25. The van der Waals surface area contributed by atoms with Crippen molar-refractivity contribution in [3.63, 3.8) is 0 Å². The van der Waals surface area contributed by atoms with Crippen molar-refractivity contribution in [1.29, 1.82) is 0 Å². The molecule has 15 heteroatoms. The molecule has 0 aliphatic carbocycles. The van der Waals surface area contributed by atoms with Crippen molar-refractivity contribution in [2.75, 3.05) is 0 Å². The number of primary amides is 1. The zero-order valence-corrected chi connectivity index (χ0v) is 21.0. The molecule has 10 N–H and O–H groups in total. The summed E-state index contributed by atoms with van der Waals surface area (Å²) in [6.07, 6.45) is -2.32. The van der Waals surface area contributed by atoms with Gasteiger partial charge in [0.05, 0.1) is 6.04 Å². The Hall–Kier alpha value is -4.53. The lowest BCUT2D eigenvalue weighted by Crippen LogP contribution is -2.57. The van der Waals surface area contributed by atoms with Crippen LogP contribution >= 0.6 is 0 Å². The molecule has 0 bridgehead atoms. The highest BCUT2D eigenvalue weighted by Gasteiger charge is 2.31. The van der Waals surface area contributed by atoms with Gasteiger partial charge in [-0.05, 0) is 24.8 Å². The maximum absolute atomic E-state index is 13.2. The number of rotatable bonds is 18. The number of amides is 4. The van der Waals surface area contributed by atoms with Gasteiger partial charge in [-0.25, -0.2) is 4.79 Å². The zero-order chi connectivity index (χ0) is 29.5. The second kappa shape index (κ2) is 16.3. The smallest absolute Gasteiger partial charge is 0.326 e. The molecule has 0 saturated carbocycles. The van der Waals surface area contributed by atoms with Crippen LogP contribution in [0.3, 0.4) is 0 Å². The summed E-state index contributed by atoms with van der Waals surface area (Å²) in [4.78, 5) is 83.1. The Morgan fingerprint density at radius 1 is 0.667 bits per heavy atom. The van der Waals surface area contributed by atoms with Gasteiger partial charge in [-0.2, -0.15) is 0 Å². The van der Waals surface area contributed by atoms with Crippen molar-refractivity contribution >= 4 is 41.5 Å². The van der Waals surface area contributed by atoms with Gasteiger partial charge in [0.15, 0.2) is 0 Å². The molecule has 214 valence electrons. The quantitative estimate of drug-likeness (QED) is 0.0997. The summed E-state index contributed by atoms with van der Waals surface area (Å²) >= 11 is 0. The average molecular weight is 552 g/mol. The van der Waals surface area contributed by atoms with E-state index in [0.29, 0.717) is 5.56 Å². The molecule has 4 unspecified atom stereocenters. The molecule has 15 nitrogen and oxygen atoms in total. The summed E-state index contributed by atoms with van der Waals surface area (Å²) in [5.41, 5.74) is 11.4. The van der Waals surface area contributed by atoms with Crippen LogP contribution in [0.25, 0.3) is 0 Å². The molecule has 4 amide bonds. The fourth-order valence-electron chi connectivity index (χ4n) is 3.37. The topological polar surface area (TPSA) is 268 Å². The molecule has 1 aromatic carbocycles. The molecule has 0 radical (unpaired) electrons. The van der Waals surface area contributed by atoms with Crippen LogP contribution in [0.5, 0.6) is 0 Å². The van der Waals surface area contributed by atoms with E-state index in [1.807, 2.05) is 0 Å². The van der Waals surface area contributed by atoms with Crippen LogP contribution < -0.4 is 27.4 Å². The first-order valence-electron chi connectivity index (χ1n) is 12.0. The van der Waals surface area contributed by atoms with Gasteiger partial charge >= 0.3 is 17.9 Å². The molecule has 4 atom stereocenters. The van der Waals surface area contributed by atoms with Gasteiger partial charge in [-0.15, -0.1) is 0 Å². The number of carboxylic acid groups (broad SMARTS) is 3. The maximum atomic E-state index is 13.2. The molecule has 0 aromatic heterocycles. The van der Waals surface area contributed by atoms with Gasteiger partial charge in [0.2, 0.25) is 23.6 Å². The van der Waals surface area contributed by atoms with Crippen molar-refractivity contribution in [2.24, 2.45) is 11.5 Å². The molecule has 0 spiro atoms. The Bertz CT molecular complexity index is 1050. The van der Waals surface area contributed by atoms with E-state index in [4.69, 9.17) is 21.7 Å². The van der Waals surface area contributed by atoms with Gasteiger partial charge in [0.1, 0.15) is 18.1 Å². The molecule has 0 heterocycles. The van der Waals surface area contributed by atoms with E-state index in [1.54, 1.807) is 30.3 Å². The van der Waals surface area contributed by atoms with Gasteiger partial charge < -0.3 is 42.7 Å². The van der Waals surface area contributed by atoms with Gasteiger partial charge in [-0.1, -0.05) is 30.3 Å². The summed E-state index contributed by atoms with van der Waals surface area (Å²) in [6, 6.07) is 2.82. The highest BCUT2D eigenvalue weighted by atomic mass is 16.4. The molecule has 0 saturated heterocycles. The van der Waals surface area contributed by atoms with E-state index >= 15 is 0 Å². The Balaban J connectivity index is 3.12. The van der Waals surface area contributed by atoms with Gasteiger partial charge in [0, 0.05) is 25.7 Å². The predicted molar refractivity (Wildman–Crippen MR) is 134 cm³/mol. The van der Waals surface area contributed by atoms with Gasteiger partial charge in [-0.3, -0.25) is 28.8 Å². The highest BCUT2D eigenvalue weighted by molar-refractivity contribution is 5.94. The van der Waals surface area contributed by atoms with E-state index < -0.39 is 78.5 Å². The van der Waals surface area contributed by atoms with E-state index in [9.17, 15) is 38.7 Å². The normalized spacial score (nSPS) is 13.7. The Kier molecular flexibility index (Phi) is 13.6. The SMILES string of the molecule is NC(=O)CCC(NC(=O)C(CCC(=O)O)NC(=O)C(Cc1ccccc1)NC(=O)C(N)CCC(=O)O)C(=O)O. The lowest BCUT2D eigenvalue weighted by molar-refractivity contribution is -0.143. The Morgan fingerprint density at radius 2 is 1.15 bits per heavy atom. The number of aliphatic carboxylic acids is 3. The Labute approximate surface area is 223 Å². The number of hydrogen-bond acceptors (Lipinski definition) is 8. The molecule has 1 rings (SSSR count). The summed E-state index contributed by atoms with van der Waals surface area (Å²) < 4.78 is 0. The third-order valence-corrected chi connectivity index (χ3v) is 5.50. The average Bonchev–Trinajstić information content (AvgIpc) is 2.86. The van der Waals surface area contributed by atoms with E-state index in [2.05, 4.69) is 16.0 Å². The highest BCUT2D eigenvalue weighted by Crippen LogP contribution is 2.08. The van der Waals surface area contributed by atoms with Crippen LogP contribution in [0.1, 0.15) is 44.1 Å². The van der Waals surface area contributed by atoms with Crippen LogP contribution in [0.2, 0.25) is 0 Å². The van der Waals surface area contributed by atoms with Crippen LogP contribution in [0, 0.1) is 0 Å². The third-order valence-electron chi connectivity index (χ3n) is 5.50. The van der Waals surface area contributed by atoms with Crippen LogP contribution in [0.15, 0.2) is 30.3 Å². The zero-order valence-electron chi connectivity index (χ0n) is 21.0. The molecular weight excluding hydrogens is 518 g/mol. The minimum absolute atomic E-state index is 0.0618. The van der Waals surface area contributed by atoms with Crippen molar-refractivity contribution in [1.82, 2.24) is 16.0 Å². The van der Waals surface area contributed by atoms with Crippen molar-refractivity contribution in [3.8, 4) is 0 Å². The molecule has 39 heavy (non-hydrogen) atoms. The number of carbonyl (C=O) groups is 7. The predicted octanol–water partition coefficient (Wildman–Crippen LogP) is -1.91. The number of nitrogens with one attached hydrogen (secondary N) is 3. The Morgan fingerprint density at radius 3 is 1.69 bits per heavy atom. The number of carboxylic acids is 3. The number of benzene rings is 1. The minimum atomic E-state index is -1.54. The van der Waals surface area contributed by atoms with Crippen molar-refractivity contribution in [2.45, 2.75) is 69.1 Å². The molecular formula is C24H33N5O10. The number of carbonyl (C=O) groups excluding carboxylic acids is 4. The summed E-state index contributed by atoms with van der Waals surface area (Å²) in [6.45, 7) is 0. The van der Waals surface area contributed by atoms with Crippen LogP contribution in [0.4, 0.5) is 0 Å². The van der Waals surface area contributed by atoms with Crippen LogP contribution in [-0.2, 0) is 40.0 Å². The maximum Gasteiger partial charge on any atom is 0.326 e. The standard InChI is InChI=1S/C24H33N5O10/c25-14(6-10-19(31)32)21(35)29-17(12-13-4-2-1-3-5-13)23(37)27-15(8-11-20(33)34)22(36)28-16(24(38)39)7-9-18(26)30/h1-5,14-17H,6-12,25H2,(H2,26,30)(H,27,37)(H,28,36)(H,29,35)(H,31,32)(H,33,34)(H,38,39). The summed E-state index contributed by atoms with van der Waals surface area (Å²) in [7, 11) is 0. The minimum Gasteiger partial charge on any atom is -0.481 e. The molecule has 0 fully saturated rings. The van der Waals surface area contributed by atoms with E-state index in [-0.39, 0.29) is 32.1 Å². The first-order chi connectivity index (χ1) is 18.3. The molecule has 0 aliphatic heterocycles. The summed E-state index contributed by atoms with van der Waals surface area (Å²) in [5.74, 6) is -7.47. The second-order valence-electron chi connectivity index (χ2n) is 8.69. The number of hydrogen-bond donors (Lipinski definition) is 8. The third kappa shape index (κ3) is 13.0. The second-order valence-corrected chi connectivity index (χ2v) is 8.69. The largest absolute Gasteiger partial charge is 0.481 e. The fourth-order valence-corrected chi connectivity index (χ4v) is 3.37. The van der Waals surface area contributed by atoms with E-state index in [1.165, 1.54) is 0 Å². The first kappa shape index (κ1) is 32.5. The fraction of sp³-hybridized carbons (Fsp3) is 0.458. The van der Waals surface area contributed by atoms with Crippen molar-refractivity contribution in [3.05, 3.63) is 35.9 Å². The monoisotopic (exact) mass is 551 g/mol. The molecule has 0 aliphatic rings. The number of nitrogens with two attached hydrogens (primary N) is 2. The first-order valence-corrected chi connectivity index (χ1v) is 12.0. The summed E-state index contributed by atoms with van der Waals surface area (Å²) in [5, 5.41) is 34.2. The van der Waals surface area contributed by atoms with E-state index in [0.717, 1.165) is 0 Å². The van der Waals surface area contributed by atoms with Crippen molar-refractivity contribution < 1.29 is 48.9 Å². The van der Waals surface area contributed by atoms with Gasteiger partial charge in [0.25, 0.3) is 0 Å². The van der Waals surface area contributed by atoms with Crippen LogP contribution in [-0.4, -0.2) is 81.0 Å².